The van der Waals surface area contributed by atoms with Crippen molar-refractivity contribution in [3.05, 3.63) is 33.8 Å². The van der Waals surface area contributed by atoms with E-state index in [0.29, 0.717) is 18.1 Å². The summed E-state index contributed by atoms with van der Waals surface area (Å²) in [5.41, 5.74) is 0.252. The molecular weight excluding hydrogens is 349 g/mol. The summed E-state index contributed by atoms with van der Waals surface area (Å²) in [6, 6.07) is 4.15. The smallest absolute Gasteiger partial charge is 0.253 e. The van der Waals surface area contributed by atoms with Crippen molar-refractivity contribution in [1.82, 2.24) is 15.5 Å². The Morgan fingerprint density at radius 2 is 1.95 bits per heavy atom. The summed E-state index contributed by atoms with van der Waals surface area (Å²) in [6.45, 7) is 2.88. The van der Waals surface area contributed by atoms with E-state index in [2.05, 4.69) is 10.6 Å². The first-order valence-electron chi connectivity index (χ1n) is 6.53. The Kier molecular flexibility index (Phi) is 9.44. The van der Waals surface area contributed by atoms with Gasteiger partial charge in [-0.05, 0) is 26.1 Å². The number of rotatable bonds is 6. The van der Waals surface area contributed by atoms with Gasteiger partial charge in [0.2, 0.25) is 5.91 Å². The maximum absolute atomic E-state index is 12.1. The largest absolute Gasteiger partial charge is 0.343 e. The molecule has 0 saturated carbocycles. The Morgan fingerprint density at radius 3 is 2.55 bits per heavy atom. The highest BCUT2D eigenvalue weighted by Gasteiger charge is 2.21. The highest BCUT2D eigenvalue weighted by Crippen LogP contribution is 2.25. The second kappa shape index (κ2) is 9.90. The SMILES string of the molecule is CNCCN(C)C(=O)C(C)NC(=O)c1cccc(Cl)c1Cl.Cl. The number of halogens is 3. The van der Waals surface area contributed by atoms with E-state index in [4.69, 9.17) is 23.2 Å². The molecule has 8 heteroatoms. The lowest BCUT2D eigenvalue weighted by atomic mass is 10.2. The molecule has 0 aliphatic carbocycles. The van der Waals surface area contributed by atoms with E-state index in [9.17, 15) is 9.59 Å². The summed E-state index contributed by atoms with van der Waals surface area (Å²) in [5.74, 6) is -0.595. The van der Waals surface area contributed by atoms with Gasteiger partial charge in [0, 0.05) is 20.1 Å². The van der Waals surface area contributed by atoms with Crippen LogP contribution in [0.25, 0.3) is 0 Å². The summed E-state index contributed by atoms with van der Waals surface area (Å²) in [7, 11) is 3.50. The minimum atomic E-state index is -0.644. The van der Waals surface area contributed by atoms with Crippen molar-refractivity contribution >= 4 is 47.4 Å². The Hall–Kier alpha value is -1.01. The molecule has 22 heavy (non-hydrogen) atoms. The molecule has 0 spiro atoms. The molecule has 124 valence electrons. The van der Waals surface area contributed by atoms with Crippen LogP contribution in [0.2, 0.25) is 10.0 Å². The second-order valence-electron chi connectivity index (χ2n) is 4.66. The van der Waals surface area contributed by atoms with Crippen LogP contribution in [0.5, 0.6) is 0 Å². The molecule has 2 amide bonds. The lowest BCUT2D eigenvalue weighted by Gasteiger charge is -2.22. The number of amides is 2. The Bertz CT molecular complexity index is 526. The minimum absolute atomic E-state index is 0. The molecule has 0 fully saturated rings. The fourth-order valence-corrected chi connectivity index (χ4v) is 2.12. The maximum Gasteiger partial charge on any atom is 0.253 e. The zero-order valence-corrected chi connectivity index (χ0v) is 15.0. The van der Waals surface area contributed by atoms with E-state index < -0.39 is 11.9 Å². The Balaban J connectivity index is 0.00000441. The van der Waals surface area contributed by atoms with Gasteiger partial charge in [0.25, 0.3) is 5.91 Å². The van der Waals surface area contributed by atoms with E-state index in [0.717, 1.165) is 0 Å². The van der Waals surface area contributed by atoms with Crippen molar-refractivity contribution in [2.24, 2.45) is 0 Å². The summed E-state index contributed by atoms with van der Waals surface area (Å²) >= 11 is 11.9. The molecule has 0 bridgehead atoms. The van der Waals surface area contributed by atoms with Crippen molar-refractivity contribution < 1.29 is 9.59 Å². The van der Waals surface area contributed by atoms with Crippen molar-refractivity contribution in [1.29, 1.82) is 0 Å². The average molecular weight is 369 g/mol. The van der Waals surface area contributed by atoms with Gasteiger partial charge in [-0.1, -0.05) is 29.3 Å². The minimum Gasteiger partial charge on any atom is -0.343 e. The third kappa shape index (κ3) is 5.65. The van der Waals surface area contributed by atoms with Gasteiger partial charge < -0.3 is 15.5 Å². The lowest BCUT2D eigenvalue weighted by molar-refractivity contribution is -0.131. The fourth-order valence-electron chi connectivity index (χ4n) is 1.74. The highest BCUT2D eigenvalue weighted by atomic mass is 35.5. The number of carbonyl (C=O) groups is 2. The van der Waals surface area contributed by atoms with Gasteiger partial charge in [0.15, 0.2) is 0 Å². The molecular formula is C14H20Cl3N3O2. The monoisotopic (exact) mass is 367 g/mol. The number of nitrogens with zero attached hydrogens (tertiary/aromatic N) is 1. The van der Waals surface area contributed by atoms with Gasteiger partial charge in [-0.15, -0.1) is 12.4 Å². The molecule has 0 heterocycles. The number of likely N-dealkylation sites (N-methyl/N-ethyl adjacent to an activating group) is 2. The van der Waals surface area contributed by atoms with Crippen molar-refractivity contribution in [3.8, 4) is 0 Å². The van der Waals surface area contributed by atoms with Crippen LogP contribution in [-0.4, -0.2) is 49.9 Å². The Morgan fingerprint density at radius 1 is 1.32 bits per heavy atom. The summed E-state index contributed by atoms with van der Waals surface area (Å²) in [6.07, 6.45) is 0. The third-order valence-corrected chi connectivity index (χ3v) is 3.81. The zero-order valence-electron chi connectivity index (χ0n) is 12.7. The Labute approximate surface area is 146 Å². The van der Waals surface area contributed by atoms with E-state index in [1.807, 2.05) is 7.05 Å². The number of hydrogen-bond donors (Lipinski definition) is 2. The number of benzene rings is 1. The van der Waals surface area contributed by atoms with Crippen LogP contribution in [0.15, 0.2) is 18.2 Å². The molecule has 1 unspecified atom stereocenters. The molecule has 1 aromatic carbocycles. The predicted molar refractivity (Wildman–Crippen MR) is 92.2 cm³/mol. The third-order valence-electron chi connectivity index (χ3n) is 2.99. The standard InChI is InChI=1S/C14H19Cl2N3O2.ClH/c1-9(14(21)19(3)8-7-17-2)18-13(20)10-5-4-6-11(15)12(10)16;/h4-6,9,17H,7-8H2,1-3H3,(H,18,20);1H. The van der Waals surface area contributed by atoms with Gasteiger partial charge in [-0.3, -0.25) is 9.59 Å². The summed E-state index contributed by atoms with van der Waals surface area (Å²) < 4.78 is 0. The van der Waals surface area contributed by atoms with Crippen LogP contribution in [0.4, 0.5) is 0 Å². The lowest BCUT2D eigenvalue weighted by Crippen LogP contribution is -2.46. The second-order valence-corrected chi connectivity index (χ2v) is 5.45. The molecule has 2 N–H and O–H groups in total. The molecule has 0 aromatic heterocycles. The van der Waals surface area contributed by atoms with E-state index in [1.54, 1.807) is 37.1 Å². The van der Waals surface area contributed by atoms with Gasteiger partial charge in [0.1, 0.15) is 6.04 Å². The number of nitrogens with one attached hydrogen (secondary N) is 2. The van der Waals surface area contributed by atoms with Crippen LogP contribution in [0, 0.1) is 0 Å². The molecule has 0 radical (unpaired) electrons. The van der Waals surface area contributed by atoms with Crippen molar-refractivity contribution in [2.45, 2.75) is 13.0 Å². The van der Waals surface area contributed by atoms with Gasteiger partial charge in [0.05, 0.1) is 15.6 Å². The fraction of sp³-hybridized carbons (Fsp3) is 0.429. The molecule has 1 atom stereocenters. The molecule has 1 rings (SSSR count). The number of carbonyl (C=O) groups excluding carboxylic acids is 2. The predicted octanol–water partition coefficient (Wildman–Crippen LogP) is 2.21. The number of hydrogen-bond acceptors (Lipinski definition) is 3. The highest BCUT2D eigenvalue weighted by molar-refractivity contribution is 6.43. The van der Waals surface area contributed by atoms with Crippen LogP contribution in [0.1, 0.15) is 17.3 Å². The van der Waals surface area contributed by atoms with Crippen LogP contribution < -0.4 is 10.6 Å². The van der Waals surface area contributed by atoms with Crippen LogP contribution >= 0.6 is 35.6 Å². The molecule has 0 saturated heterocycles. The van der Waals surface area contributed by atoms with E-state index >= 15 is 0 Å². The first-order valence-corrected chi connectivity index (χ1v) is 7.28. The molecule has 5 nitrogen and oxygen atoms in total. The zero-order chi connectivity index (χ0) is 16.0. The summed E-state index contributed by atoms with van der Waals surface area (Å²) in [4.78, 5) is 25.8. The van der Waals surface area contributed by atoms with Crippen LogP contribution in [0.3, 0.4) is 0 Å². The topological polar surface area (TPSA) is 61.4 Å². The van der Waals surface area contributed by atoms with Crippen molar-refractivity contribution in [2.75, 3.05) is 27.2 Å². The van der Waals surface area contributed by atoms with Gasteiger partial charge in [-0.2, -0.15) is 0 Å². The van der Waals surface area contributed by atoms with E-state index in [-0.39, 0.29) is 28.9 Å². The molecule has 0 aliphatic heterocycles. The van der Waals surface area contributed by atoms with E-state index in [1.165, 1.54) is 0 Å². The van der Waals surface area contributed by atoms with Gasteiger partial charge >= 0.3 is 0 Å². The molecule has 1 aromatic rings. The van der Waals surface area contributed by atoms with Crippen LogP contribution in [-0.2, 0) is 4.79 Å². The van der Waals surface area contributed by atoms with Gasteiger partial charge in [-0.25, -0.2) is 0 Å². The quantitative estimate of drug-likeness (QED) is 0.809. The van der Waals surface area contributed by atoms with Crippen molar-refractivity contribution in [3.63, 3.8) is 0 Å². The maximum atomic E-state index is 12.1. The first-order chi connectivity index (χ1) is 9.88. The first kappa shape index (κ1) is 21.0. The normalized spacial score (nSPS) is 11.3. The summed E-state index contributed by atoms with van der Waals surface area (Å²) in [5, 5.41) is 6.07. The average Bonchev–Trinajstić information content (AvgIpc) is 2.46. The molecule has 0 aliphatic rings.